The van der Waals surface area contributed by atoms with Gasteiger partial charge >= 0.3 is 11.3 Å². The summed E-state index contributed by atoms with van der Waals surface area (Å²) in [5.74, 6) is -0.506. The number of pyridine rings is 1. The quantitative estimate of drug-likeness (QED) is 0.282. The molecule has 0 aliphatic heterocycles. The predicted octanol–water partition coefficient (Wildman–Crippen LogP) is 4.70. The molecule has 8 heteroatoms. The van der Waals surface area contributed by atoms with E-state index in [-0.39, 0.29) is 10.6 Å². The summed E-state index contributed by atoms with van der Waals surface area (Å²) in [6.07, 6.45) is 0. The van der Waals surface area contributed by atoms with Crippen molar-refractivity contribution in [1.29, 1.82) is 0 Å². The van der Waals surface area contributed by atoms with Crippen molar-refractivity contribution in [3.63, 3.8) is 0 Å². The molecule has 0 radical (unpaired) electrons. The maximum atomic E-state index is 13.3. The lowest BCUT2D eigenvalue weighted by atomic mass is 9.97. The summed E-state index contributed by atoms with van der Waals surface area (Å²) >= 11 is 1.18. The second-order valence-electron chi connectivity index (χ2n) is 8.19. The van der Waals surface area contributed by atoms with Crippen molar-refractivity contribution >= 4 is 43.8 Å². The topological polar surface area (TPSA) is 106 Å². The van der Waals surface area contributed by atoms with Gasteiger partial charge in [-0.05, 0) is 33.2 Å². The number of rotatable bonds is 4. The molecule has 0 fully saturated rings. The van der Waals surface area contributed by atoms with Crippen LogP contribution >= 0.6 is 11.3 Å². The number of aryl methyl sites for hydroxylation is 1. The molecule has 6 aromatic rings. The average Bonchev–Trinajstić information content (AvgIpc) is 3.41. The number of carbonyl (C=O) groups is 1. The van der Waals surface area contributed by atoms with Crippen LogP contribution in [-0.2, 0) is 7.05 Å². The van der Waals surface area contributed by atoms with Gasteiger partial charge in [0.15, 0.2) is 7.05 Å². The molecular weight excluding hydrogens is 460 g/mol. The molecule has 0 saturated heterocycles. The predicted molar refractivity (Wildman–Crippen MR) is 136 cm³/mol. The molecule has 0 atom stereocenters. The lowest BCUT2D eigenvalue weighted by Gasteiger charge is -2.11. The van der Waals surface area contributed by atoms with Gasteiger partial charge in [0.25, 0.3) is 5.78 Å². The van der Waals surface area contributed by atoms with Crippen LogP contribution in [0.15, 0.2) is 88.2 Å². The van der Waals surface area contributed by atoms with Gasteiger partial charge in [0.05, 0.1) is 11.4 Å². The van der Waals surface area contributed by atoms with E-state index in [1.54, 1.807) is 0 Å². The molecule has 0 bridgehead atoms. The lowest BCUT2D eigenvalue weighted by Crippen LogP contribution is -2.39. The van der Waals surface area contributed by atoms with Crippen molar-refractivity contribution < 1.29 is 14.0 Å². The van der Waals surface area contributed by atoms with E-state index >= 15 is 0 Å². The Kier molecular flexibility index (Phi) is 4.82. The number of hydrogen-bond acceptors (Lipinski definition) is 6. The molecule has 0 aliphatic carbocycles. The van der Waals surface area contributed by atoms with Gasteiger partial charge in [0.2, 0.25) is 0 Å². The molecule has 3 heterocycles. The van der Waals surface area contributed by atoms with Crippen LogP contribution in [0.4, 0.5) is 5.69 Å². The molecule has 170 valence electrons. The summed E-state index contributed by atoms with van der Waals surface area (Å²) < 4.78 is 6.02. The standard InChI is InChI=1S/C27H18N4O3S/c1-31-23(27(33)34-30-31)24(32)25-22(28)21-19(16-8-3-2-4-9-16)14-20(29-26(21)35-25)18-13-7-11-15-10-5-6-12-17(15)18/h2-14H,1H3,(H2-,28,30,32,33)/p+1. The second-order valence-corrected chi connectivity index (χ2v) is 9.19. The monoisotopic (exact) mass is 479 g/mol. The maximum Gasteiger partial charge on any atom is 0.438 e. The number of nitrogens with one attached hydrogen (secondary N) is 1. The molecule has 0 aliphatic rings. The van der Waals surface area contributed by atoms with Crippen LogP contribution in [0.3, 0.4) is 0 Å². The third kappa shape index (κ3) is 3.34. The highest BCUT2D eigenvalue weighted by atomic mass is 32.1. The summed E-state index contributed by atoms with van der Waals surface area (Å²) in [6.45, 7) is 0. The fourth-order valence-corrected chi connectivity index (χ4v) is 5.48. The average molecular weight is 480 g/mol. The first-order chi connectivity index (χ1) is 17.0. The van der Waals surface area contributed by atoms with Crippen molar-refractivity contribution in [3.05, 3.63) is 99.9 Å². The van der Waals surface area contributed by atoms with Crippen molar-refractivity contribution in [1.82, 2.24) is 10.3 Å². The maximum absolute atomic E-state index is 13.3. The minimum absolute atomic E-state index is 0.126. The largest absolute Gasteiger partial charge is 0.438 e. The Morgan fingerprint density at radius 2 is 1.74 bits per heavy atom. The fourth-order valence-electron chi connectivity index (χ4n) is 4.42. The van der Waals surface area contributed by atoms with E-state index in [4.69, 9.17) is 15.2 Å². The Hall–Kier alpha value is -4.56. The summed E-state index contributed by atoms with van der Waals surface area (Å²) in [6, 6.07) is 26.1. The summed E-state index contributed by atoms with van der Waals surface area (Å²) in [5, 5.41) is 5.27. The van der Waals surface area contributed by atoms with Gasteiger partial charge in [-0.15, -0.1) is 11.3 Å². The van der Waals surface area contributed by atoms with Gasteiger partial charge in [-0.1, -0.05) is 77.5 Å². The Morgan fingerprint density at radius 3 is 2.51 bits per heavy atom. The lowest BCUT2D eigenvalue weighted by molar-refractivity contribution is -0.741. The summed E-state index contributed by atoms with van der Waals surface area (Å²) in [5.41, 5.74) is 9.58. The van der Waals surface area contributed by atoms with Crippen LogP contribution in [0.2, 0.25) is 0 Å². The Bertz CT molecular complexity index is 1810. The molecular formula is C27H19N4O3S+. The van der Waals surface area contributed by atoms with Gasteiger partial charge in [-0.25, -0.2) is 9.78 Å². The second kappa shape index (κ2) is 8.03. The minimum Gasteiger partial charge on any atom is -0.397 e. The molecule has 3 aromatic carbocycles. The molecule has 35 heavy (non-hydrogen) atoms. The first-order valence-corrected chi connectivity index (χ1v) is 11.7. The third-order valence-electron chi connectivity index (χ3n) is 6.07. The van der Waals surface area contributed by atoms with E-state index in [2.05, 4.69) is 23.5 Å². The Morgan fingerprint density at radius 1 is 1.00 bits per heavy atom. The first-order valence-electron chi connectivity index (χ1n) is 10.9. The van der Waals surface area contributed by atoms with Crippen LogP contribution in [-0.4, -0.2) is 16.0 Å². The number of carbonyl (C=O) groups excluding carboxylic acids is 1. The number of fused-ring (bicyclic) bond motifs is 2. The van der Waals surface area contributed by atoms with Gasteiger partial charge in [0.1, 0.15) is 9.71 Å². The molecule has 0 unspecified atom stereocenters. The van der Waals surface area contributed by atoms with E-state index in [9.17, 15) is 9.59 Å². The molecule has 0 spiro atoms. The molecule has 3 N–H and O–H groups in total. The van der Waals surface area contributed by atoms with Crippen molar-refractivity contribution in [2.45, 2.75) is 0 Å². The Balaban J connectivity index is 1.65. The zero-order valence-corrected chi connectivity index (χ0v) is 19.4. The fraction of sp³-hybridized carbons (Fsp3) is 0.0370. The number of benzene rings is 3. The highest BCUT2D eigenvalue weighted by Gasteiger charge is 2.32. The van der Waals surface area contributed by atoms with E-state index in [0.29, 0.717) is 15.9 Å². The van der Waals surface area contributed by atoms with Crippen LogP contribution in [0, 0.1) is 0 Å². The molecule has 0 amide bonds. The summed E-state index contributed by atoms with van der Waals surface area (Å²) in [4.78, 5) is 31.3. The number of nitrogen functional groups attached to an aromatic ring is 1. The number of hydrogen-bond donors (Lipinski definition) is 2. The SMILES string of the molecule is C[n+]1[nH]oc(=O)c1C(=O)c1sc2nc(-c3cccc4ccccc34)cc(-c3ccccc3)c2c1N. The van der Waals surface area contributed by atoms with Gasteiger partial charge in [-0.2, -0.15) is 0 Å². The zero-order valence-electron chi connectivity index (χ0n) is 18.6. The van der Waals surface area contributed by atoms with E-state index < -0.39 is 11.4 Å². The highest BCUT2D eigenvalue weighted by molar-refractivity contribution is 7.21. The van der Waals surface area contributed by atoms with E-state index in [0.717, 1.165) is 33.2 Å². The zero-order chi connectivity index (χ0) is 24.1. The number of aromatic nitrogens is 3. The first kappa shape index (κ1) is 21.0. The molecule has 7 nitrogen and oxygen atoms in total. The third-order valence-corrected chi connectivity index (χ3v) is 7.17. The number of ketones is 1. The van der Waals surface area contributed by atoms with E-state index in [1.165, 1.54) is 23.1 Å². The van der Waals surface area contributed by atoms with Crippen LogP contribution in [0.25, 0.3) is 43.4 Å². The molecule has 3 aromatic heterocycles. The van der Waals surface area contributed by atoms with Crippen molar-refractivity contribution in [3.8, 4) is 22.4 Å². The van der Waals surface area contributed by atoms with Gasteiger partial charge in [0, 0.05) is 10.9 Å². The van der Waals surface area contributed by atoms with E-state index in [1.807, 2.05) is 60.7 Å². The Labute approximate surface area is 203 Å². The molecule has 0 saturated carbocycles. The highest BCUT2D eigenvalue weighted by Crippen LogP contribution is 2.42. The van der Waals surface area contributed by atoms with Crippen molar-refractivity contribution in [2.24, 2.45) is 7.05 Å². The number of anilines is 1. The summed E-state index contributed by atoms with van der Waals surface area (Å²) in [7, 11) is 1.54. The minimum atomic E-state index is -0.748. The van der Waals surface area contributed by atoms with Gasteiger partial charge < -0.3 is 5.73 Å². The molecule has 6 rings (SSSR count). The van der Waals surface area contributed by atoms with Crippen LogP contribution in [0.1, 0.15) is 15.4 Å². The van der Waals surface area contributed by atoms with Crippen LogP contribution in [0.5, 0.6) is 0 Å². The number of nitrogens with two attached hydrogens (primary N) is 1. The smallest absolute Gasteiger partial charge is 0.397 e. The van der Waals surface area contributed by atoms with Crippen LogP contribution < -0.4 is 16.0 Å². The number of H-pyrrole nitrogens is 1. The van der Waals surface area contributed by atoms with Gasteiger partial charge in [-0.3, -0.25) is 9.32 Å². The van der Waals surface area contributed by atoms with Crippen molar-refractivity contribution in [2.75, 3.05) is 5.73 Å². The number of thiophene rings is 1. The number of nitrogens with zero attached hydrogens (tertiary/aromatic N) is 2. The normalized spacial score (nSPS) is 11.3. The number of aromatic amines is 1.